The molecule has 0 aliphatic heterocycles. The van der Waals surface area contributed by atoms with Gasteiger partial charge in [0.1, 0.15) is 0 Å². The standard InChI is InChI=1S/C13H16/c1-4-5-11-13(2,3)12-9-7-6-8-10-12/h4-11H,1H2,2-3H3/b11-5-. The van der Waals surface area contributed by atoms with E-state index in [0.29, 0.717) is 0 Å². The molecule has 1 rings (SSSR count). The van der Waals surface area contributed by atoms with Gasteiger partial charge in [0.2, 0.25) is 0 Å². The molecule has 1 aromatic carbocycles. The monoisotopic (exact) mass is 172 g/mol. The maximum Gasteiger partial charge on any atom is 0.00784 e. The van der Waals surface area contributed by atoms with Gasteiger partial charge in [0.15, 0.2) is 0 Å². The van der Waals surface area contributed by atoms with Gasteiger partial charge in [-0.3, -0.25) is 0 Å². The summed E-state index contributed by atoms with van der Waals surface area (Å²) < 4.78 is 0. The van der Waals surface area contributed by atoms with E-state index in [1.54, 1.807) is 0 Å². The van der Waals surface area contributed by atoms with Crippen molar-refractivity contribution >= 4 is 0 Å². The summed E-state index contributed by atoms with van der Waals surface area (Å²) in [6.07, 6.45) is 5.97. The third-order valence-electron chi connectivity index (χ3n) is 2.17. The van der Waals surface area contributed by atoms with Crippen LogP contribution >= 0.6 is 0 Å². The van der Waals surface area contributed by atoms with Crippen molar-refractivity contribution in [1.29, 1.82) is 0 Å². The summed E-state index contributed by atoms with van der Waals surface area (Å²) in [4.78, 5) is 0. The minimum atomic E-state index is 0.0927. The number of hydrogen-bond acceptors (Lipinski definition) is 0. The summed E-state index contributed by atoms with van der Waals surface area (Å²) in [6, 6.07) is 10.5. The summed E-state index contributed by atoms with van der Waals surface area (Å²) in [5.41, 5.74) is 1.42. The quantitative estimate of drug-likeness (QED) is 0.610. The molecule has 0 aliphatic carbocycles. The van der Waals surface area contributed by atoms with Crippen molar-refractivity contribution in [3.05, 3.63) is 60.7 Å². The Morgan fingerprint density at radius 1 is 1.15 bits per heavy atom. The third-order valence-corrected chi connectivity index (χ3v) is 2.17. The van der Waals surface area contributed by atoms with Gasteiger partial charge < -0.3 is 0 Å². The Balaban J connectivity index is 2.93. The van der Waals surface area contributed by atoms with Gasteiger partial charge in [0.25, 0.3) is 0 Å². The van der Waals surface area contributed by atoms with Crippen LogP contribution in [-0.4, -0.2) is 0 Å². The lowest BCUT2D eigenvalue weighted by Gasteiger charge is -2.20. The van der Waals surface area contributed by atoms with E-state index >= 15 is 0 Å². The lowest BCUT2D eigenvalue weighted by Crippen LogP contribution is -2.12. The highest BCUT2D eigenvalue weighted by molar-refractivity contribution is 5.29. The molecule has 0 spiro atoms. The predicted molar refractivity (Wildman–Crippen MR) is 58.8 cm³/mol. The highest BCUT2D eigenvalue weighted by Gasteiger charge is 2.15. The normalized spacial score (nSPS) is 11.8. The van der Waals surface area contributed by atoms with E-state index in [4.69, 9.17) is 0 Å². The van der Waals surface area contributed by atoms with Crippen molar-refractivity contribution in [2.45, 2.75) is 19.3 Å². The van der Waals surface area contributed by atoms with Crippen LogP contribution in [0.25, 0.3) is 0 Å². The van der Waals surface area contributed by atoms with Crippen molar-refractivity contribution in [2.24, 2.45) is 0 Å². The molecule has 0 radical (unpaired) electrons. The van der Waals surface area contributed by atoms with Gasteiger partial charge in [-0.15, -0.1) is 0 Å². The molecule has 0 saturated carbocycles. The molecule has 0 aliphatic rings. The van der Waals surface area contributed by atoms with Crippen LogP contribution in [0.3, 0.4) is 0 Å². The Labute approximate surface area is 80.6 Å². The molecule has 0 N–H and O–H groups in total. The average molecular weight is 172 g/mol. The van der Waals surface area contributed by atoms with Gasteiger partial charge in [-0.2, -0.15) is 0 Å². The van der Waals surface area contributed by atoms with Crippen LogP contribution < -0.4 is 0 Å². The lowest BCUT2D eigenvalue weighted by molar-refractivity contribution is 0.670. The van der Waals surface area contributed by atoms with Crippen LogP contribution in [0, 0.1) is 0 Å². The topological polar surface area (TPSA) is 0 Å². The van der Waals surface area contributed by atoms with E-state index in [0.717, 1.165) is 0 Å². The summed E-state index contributed by atoms with van der Waals surface area (Å²) in [7, 11) is 0. The molecule has 0 heteroatoms. The van der Waals surface area contributed by atoms with Crippen molar-refractivity contribution in [2.75, 3.05) is 0 Å². The van der Waals surface area contributed by atoms with Crippen molar-refractivity contribution in [1.82, 2.24) is 0 Å². The van der Waals surface area contributed by atoms with E-state index in [9.17, 15) is 0 Å². The van der Waals surface area contributed by atoms with Crippen molar-refractivity contribution < 1.29 is 0 Å². The first-order valence-corrected chi connectivity index (χ1v) is 4.52. The summed E-state index contributed by atoms with van der Waals surface area (Å²) in [6.45, 7) is 8.06. The smallest absolute Gasteiger partial charge is 0.00784 e. The van der Waals surface area contributed by atoms with Gasteiger partial charge in [-0.05, 0) is 5.56 Å². The van der Waals surface area contributed by atoms with Crippen molar-refractivity contribution in [3.8, 4) is 0 Å². The molecular formula is C13H16. The van der Waals surface area contributed by atoms with Crippen LogP contribution in [0.5, 0.6) is 0 Å². The first kappa shape index (κ1) is 9.79. The highest BCUT2D eigenvalue weighted by Crippen LogP contribution is 2.23. The summed E-state index contributed by atoms with van der Waals surface area (Å²) in [5, 5.41) is 0. The van der Waals surface area contributed by atoms with Gasteiger partial charge in [-0.1, -0.05) is 69.0 Å². The molecule has 0 heterocycles. The minimum Gasteiger partial charge on any atom is -0.0991 e. The molecule has 0 unspecified atom stereocenters. The van der Waals surface area contributed by atoms with Gasteiger partial charge in [0.05, 0.1) is 0 Å². The zero-order valence-electron chi connectivity index (χ0n) is 8.33. The molecule has 0 bridgehead atoms. The van der Waals surface area contributed by atoms with Crippen molar-refractivity contribution in [3.63, 3.8) is 0 Å². The Morgan fingerprint density at radius 2 is 1.77 bits per heavy atom. The summed E-state index contributed by atoms with van der Waals surface area (Å²) in [5.74, 6) is 0. The average Bonchev–Trinajstić information content (AvgIpc) is 2.16. The molecule has 0 atom stereocenters. The number of allylic oxidation sites excluding steroid dienone is 3. The zero-order valence-corrected chi connectivity index (χ0v) is 8.33. The van der Waals surface area contributed by atoms with E-state index in [1.807, 2.05) is 18.2 Å². The molecule has 0 amide bonds. The Kier molecular flexibility index (Phi) is 3.07. The Bertz CT molecular complexity index is 291. The van der Waals surface area contributed by atoms with E-state index in [2.05, 4.69) is 50.8 Å². The van der Waals surface area contributed by atoms with Gasteiger partial charge in [0, 0.05) is 5.41 Å². The minimum absolute atomic E-state index is 0.0927. The maximum absolute atomic E-state index is 3.67. The number of hydrogen-bond donors (Lipinski definition) is 0. The molecule has 0 nitrogen and oxygen atoms in total. The molecule has 0 fully saturated rings. The predicted octanol–water partition coefficient (Wildman–Crippen LogP) is 3.71. The van der Waals surface area contributed by atoms with Gasteiger partial charge >= 0.3 is 0 Å². The molecule has 13 heavy (non-hydrogen) atoms. The second kappa shape index (κ2) is 4.08. The SMILES string of the molecule is C=C/C=C\C(C)(C)c1ccccc1. The summed E-state index contributed by atoms with van der Waals surface area (Å²) >= 11 is 0. The molecular weight excluding hydrogens is 156 g/mol. The molecule has 1 aromatic rings. The van der Waals surface area contributed by atoms with E-state index < -0.39 is 0 Å². The van der Waals surface area contributed by atoms with Crippen LogP contribution in [0.1, 0.15) is 19.4 Å². The first-order chi connectivity index (χ1) is 6.17. The first-order valence-electron chi connectivity index (χ1n) is 4.52. The van der Waals surface area contributed by atoms with Gasteiger partial charge in [-0.25, -0.2) is 0 Å². The van der Waals surface area contributed by atoms with E-state index in [-0.39, 0.29) is 5.41 Å². The highest BCUT2D eigenvalue weighted by atomic mass is 14.2. The zero-order chi connectivity index (χ0) is 9.73. The van der Waals surface area contributed by atoms with Crippen LogP contribution in [-0.2, 0) is 5.41 Å². The van der Waals surface area contributed by atoms with Crippen LogP contribution in [0.4, 0.5) is 0 Å². The fourth-order valence-electron chi connectivity index (χ4n) is 1.27. The lowest BCUT2D eigenvalue weighted by atomic mass is 9.84. The molecule has 0 aromatic heterocycles. The molecule has 0 saturated heterocycles. The second-order valence-electron chi connectivity index (χ2n) is 3.68. The van der Waals surface area contributed by atoms with Crippen LogP contribution in [0.15, 0.2) is 55.1 Å². The fourth-order valence-corrected chi connectivity index (χ4v) is 1.27. The second-order valence-corrected chi connectivity index (χ2v) is 3.68. The largest absolute Gasteiger partial charge is 0.0991 e. The fraction of sp³-hybridized carbons (Fsp3) is 0.231. The Morgan fingerprint density at radius 3 is 2.31 bits per heavy atom. The van der Waals surface area contributed by atoms with Crippen LogP contribution in [0.2, 0.25) is 0 Å². The number of benzene rings is 1. The van der Waals surface area contributed by atoms with E-state index in [1.165, 1.54) is 5.56 Å². The molecule has 68 valence electrons. The Hall–Kier alpha value is -1.30. The number of rotatable bonds is 3. The third kappa shape index (κ3) is 2.59. The maximum atomic E-state index is 3.67.